The SMILES string of the molecule is CNC(=O)c1c(-c2ccc(Oc3ccccc3)cc2)oc2nc(N(CCCC(C)(C)C(=O)O)S(C)(=O)=O)c(C3CC3)cc12. The van der Waals surface area contributed by atoms with Crippen molar-refractivity contribution in [3.05, 3.63) is 71.8 Å². The molecular weight excluding hydrogens is 570 g/mol. The normalized spacial score (nSPS) is 13.6. The summed E-state index contributed by atoms with van der Waals surface area (Å²) in [6.45, 7) is 3.29. The van der Waals surface area contributed by atoms with E-state index in [0.717, 1.165) is 24.7 Å². The number of hydrogen-bond acceptors (Lipinski definition) is 7. The van der Waals surface area contributed by atoms with E-state index in [-0.39, 0.29) is 36.3 Å². The number of carbonyl (C=O) groups excluding carboxylic acids is 1. The Morgan fingerprint density at radius 3 is 2.33 bits per heavy atom. The molecule has 0 bridgehead atoms. The first-order chi connectivity index (χ1) is 20.4. The number of carboxylic acids is 1. The van der Waals surface area contributed by atoms with Gasteiger partial charge in [0, 0.05) is 19.2 Å². The van der Waals surface area contributed by atoms with Gasteiger partial charge in [-0.1, -0.05) is 18.2 Å². The number of pyridine rings is 1. The summed E-state index contributed by atoms with van der Waals surface area (Å²) in [5, 5.41) is 12.7. The molecule has 2 heterocycles. The Labute approximate surface area is 250 Å². The second-order valence-electron chi connectivity index (χ2n) is 11.5. The molecule has 1 saturated carbocycles. The number of anilines is 1. The maximum absolute atomic E-state index is 13.2. The number of para-hydroxylation sites is 1. The predicted molar refractivity (Wildman–Crippen MR) is 164 cm³/mol. The van der Waals surface area contributed by atoms with Crippen LogP contribution in [-0.2, 0) is 14.8 Å². The number of rotatable bonds is 12. The molecule has 0 atom stereocenters. The summed E-state index contributed by atoms with van der Waals surface area (Å²) in [4.78, 5) is 29.5. The molecule has 0 radical (unpaired) electrons. The summed E-state index contributed by atoms with van der Waals surface area (Å²) in [5.74, 6) is 0.654. The van der Waals surface area contributed by atoms with Crippen molar-refractivity contribution in [1.29, 1.82) is 0 Å². The standard InChI is InChI=1S/C32H35N3O7S/c1-32(2,31(37)38)17-8-18-35(43(4,39)40)28-24(20-11-12-20)19-25-26(29(36)33-3)27(42-30(25)34-28)21-13-15-23(16-14-21)41-22-9-6-5-7-10-22/h5-7,9-10,13-16,19-20H,8,11-12,17-18H2,1-4H3,(H,33,36)(H,37,38). The van der Waals surface area contributed by atoms with E-state index in [1.807, 2.05) is 36.4 Å². The topological polar surface area (TPSA) is 139 Å². The molecule has 1 amide bonds. The fourth-order valence-corrected chi connectivity index (χ4v) is 5.90. The zero-order valence-electron chi connectivity index (χ0n) is 24.6. The van der Waals surface area contributed by atoms with E-state index < -0.39 is 21.4 Å². The molecule has 226 valence electrons. The van der Waals surface area contributed by atoms with Gasteiger partial charge >= 0.3 is 5.97 Å². The Balaban J connectivity index is 1.56. The van der Waals surface area contributed by atoms with Crippen LogP contribution >= 0.6 is 0 Å². The Morgan fingerprint density at radius 1 is 1.09 bits per heavy atom. The van der Waals surface area contributed by atoms with Crippen molar-refractivity contribution in [1.82, 2.24) is 10.3 Å². The molecule has 43 heavy (non-hydrogen) atoms. The maximum Gasteiger partial charge on any atom is 0.309 e. The van der Waals surface area contributed by atoms with E-state index >= 15 is 0 Å². The van der Waals surface area contributed by atoms with Gasteiger partial charge in [0.25, 0.3) is 5.91 Å². The van der Waals surface area contributed by atoms with Crippen molar-refractivity contribution >= 4 is 38.8 Å². The van der Waals surface area contributed by atoms with Crippen LogP contribution in [0.2, 0.25) is 0 Å². The highest BCUT2D eigenvalue weighted by Gasteiger charge is 2.35. The largest absolute Gasteiger partial charge is 0.481 e. The first-order valence-corrected chi connectivity index (χ1v) is 16.0. The van der Waals surface area contributed by atoms with Gasteiger partial charge in [0.15, 0.2) is 0 Å². The van der Waals surface area contributed by atoms with Crippen LogP contribution in [0.5, 0.6) is 11.5 Å². The maximum atomic E-state index is 13.2. The van der Waals surface area contributed by atoms with Crippen molar-refractivity contribution in [3.63, 3.8) is 0 Å². The van der Waals surface area contributed by atoms with Gasteiger partial charge in [0.05, 0.1) is 22.6 Å². The number of ether oxygens (including phenoxy) is 1. The minimum atomic E-state index is -3.77. The van der Waals surface area contributed by atoms with Gasteiger partial charge in [-0.05, 0) is 93.5 Å². The van der Waals surface area contributed by atoms with Crippen LogP contribution in [0, 0.1) is 5.41 Å². The number of fused-ring (bicyclic) bond motifs is 1. The number of carboxylic acid groups (broad SMARTS) is 1. The molecule has 0 saturated heterocycles. The fourth-order valence-electron chi connectivity index (χ4n) is 4.98. The minimum absolute atomic E-state index is 0.0620. The third-order valence-corrected chi connectivity index (χ3v) is 8.79. The Morgan fingerprint density at radius 2 is 1.74 bits per heavy atom. The number of carbonyl (C=O) groups is 2. The summed E-state index contributed by atoms with van der Waals surface area (Å²) in [6, 6.07) is 18.3. The van der Waals surface area contributed by atoms with Crippen LogP contribution in [0.1, 0.15) is 61.4 Å². The van der Waals surface area contributed by atoms with Gasteiger partial charge in [0.2, 0.25) is 15.7 Å². The quantitative estimate of drug-likeness (QED) is 0.195. The molecule has 4 aromatic rings. The molecule has 2 aromatic carbocycles. The molecule has 0 spiro atoms. The zero-order valence-corrected chi connectivity index (χ0v) is 25.4. The monoisotopic (exact) mass is 605 g/mol. The average molecular weight is 606 g/mol. The first-order valence-electron chi connectivity index (χ1n) is 14.1. The molecule has 1 aliphatic carbocycles. The molecular formula is C32H35N3O7S. The molecule has 0 unspecified atom stereocenters. The number of amides is 1. The van der Waals surface area contributed by atoms with Crippen LogP contribution < -0.4 is 14.4 Å². The molecule has 11 heteroatoms. The van der Waals surface area contributed by atoms with E-state index in [1.165, 1.54) is 11.4 Å². The summed E-state index contributed by atoms with van der Waals surface area (Å²) < 4.78 is 39.4. The molecule has 1 aliphatic rings. The number of aliphatic carboxylic acids is 1. The van der Waals surface area contributed by atoms with Crippen LogP contribution in [0.3, 0.4) is 0 Å². The number of aromatic nitrogens is 1. The highest BCUT2D eigenvalue weighted by Crippen LogP contribution is 2.47. The Kier molecular flexibility index (Phi) is 8.20. The Hall–Kier alpha value is -4.38. The lowest BCUT2D eigenvalue weighted by atomic mass is 9.88. The second kappa shape index (κ2) is 11.7. The molecule has 1 fully saturated rings. The lowest BCUT2D eigenvalue weighted by Crippen LogP contribution is -2.34. The number of furan rings is 1. The van der Waals surface area contributed by atoms with Crippen LogP contribution in [0.15, 0.2) is 65.1 Å². The highest BCUT2D eigenvalue weighted by atomic mass is 32.2. The number of nitrogens with one attached hydrogen (secondary N) is 1. The zero-order chi connectivity index (χ0) is 30.9. The Bertz CT molecular complexity index is 1760. The van der Waals surface area contributed by atoms with Crippen LogP contribution in [0.25, 0.3) is 22.4 Å². The lowest BCUT2D eigenvalue weighted by molar-refractivity contribution is -0.147. The van der Waals surface area contributed by atoms with Crippen molar-refractivity contribution in [2.45, 2.75) is 45.4 Å². The van der Waals surface area contributed by atoms with Crippen molar-refractivity contribution in [3.8, 4) is 22.8 Å². The highest BCUT2D eigenvalue weighted by molar-refractivity contribution is 7.92. The van der Waals surface area contributed by atoms with E-state index in [0.29, 0.717) is 40.2 Å². The summed E-state index contributed by atoms with van der Waals surface area (Å²) in [5.41, 5.74) is 0.795. The molecule has 2 aromatic heterocycles. The van der Waals surface area contributed by atoms with E-state index in [9.17, 15) is 23.1 Å². The summed E-state index contributed by atoms with van der Waals surface area (Å²) in [7, 11) is -2.23. The van der Waals surface area contributed by atoms with E-state index in [2.05, 4.69) is 5.32 Å². The van der Waals surface area contributed by atoms with Gasteiger partial charge in [-0.3, -0.25) is 13.9 Å². The lowest BCUT2D eigenvalue weighted by Gasteiger charge is -2.26. The summed E-state index contributed by atoms with van der Waals surface area (Å²) >= 11 is 0. The van der Waals surface area contributed by atoms with Gasteiger partial charge in [-0.2, -0.15) is 4.98 Å². The predicted octanol–water partition coefficient (Wildman–Crippen LogP) is 6.18. The first kappa shape index (κ1) is 30.1. The van der Waals surface area contributed by atoms with Crippen molar-refractivity contribution in [2.75, 3.05) is 24.2 Å². The molecule has 2 N–H and O–H groups in total. The van der Waals surface area contributed by atoms with Gasteiger partial charge < -0.3 is 19.6 Å². The van der Waals surface area contributed by atoms with E-state index in [4.69, 9.17) is 14.1 Å². The van der Waals surface area contributed by atoms with Crippen molar-refractivity contribution < 1.29 is 32.3 Å². The van der Waals surface area contributed by atoms with Crippen LogP contribution in [-0.4, -0.2) is 50.2 Å². The smallest absolute Gasteiger partial charge is 0.309 e. The fraction of sp³-hybridized carbons (Fsp3) is 0.344. The van der Waals surface area contributed by atoms with Gasteiger partial charge in [-0.15, -0.1) is 0 Å². The van der Waals surface area contributed by atoms with Gasteiger partial charge in [-0.25, -0.2) is 8.42 Å². The van der Waals surface area contributed by atoms with Gasteiger partial charge in [0.1, 0.15) is 23.1 Å². The number of benzene rings is 2. The number of hydrogen-bond donors (Lipinski definition) is 2. The third kappa shape index (κ3) is 6.51. The number of nitrogens with zero attached hydrogens (tertiary/aromatic N) is 2. The minimum Gasteiger partial charge on any atom is -0.481 e. The number of sulfonamides is 1. The molecule has 5 rings (SSSR count). The molecule has 10 nitrogen and oxygen atoms in total. The molecule has 0 aliphatic heterocycles. The second-order valence-corrected chi connectivity index (χ2v) is 13.4. The van der Waals surface area contributed by atoms with Crippen LogP contribution in [0.4, 0.5) is 5.82 Å². The third-order valence-electron chi connectivity index (χ3n) is 7.64. The average Bonchev–Trinajstić information content (AvgIpc) is 3.75. The summed E-state index contributed by atoms with van der Waals surface area (Å²) in [6.07, 6.45) is 3.45. The van der Waals surface area contributed by atoms with E-state index in [1.54, 1.807) is 38.1 Å². The van der Waals surface area contributed by atoms with Crippen molar-refractivity contribution in [2.24, 2.45) is 5.41 Å².